The zero-order chi connectivity index (χ0) is 6.69. The van der Waals surface area contributed by atoms with E-state index in [0.717, 1.165) is 18.1 Å². The maximum absolute atomic E-state index is 5.45. The number of alkyl halides is 1. The number of aromatic amines is 1. The van der Waals surface area contributed by atoms with Gasteiger partial charge < -0.3 is 0 Å². The molecule has 3 nitrogen and oxygen atoms in total. The Morgan fingerprint density at radius 3 is 2.70 bits per heavy atom. The molecule has 0 unspecified atom stereocenters. The lowest BCUT2D eigenvalue weighted by Gasteiger charge is -1.81. The standard InChI is InChI=1S/C5H8ClN3.ClH/c1-4-7-5(2-3-6)9-8-4;/h2-3H2,1H3,(H,7,8,9);1H. The molecule has 0 bridgehead atoms. The lowest BCUT2D eigenvalue weighted by Crippen LogP contribution is -1.87. The summed E-state index contributed by atoms with van der Waals surface area (Å²) in [4.78, 5) is 4.05. The zero-order valence-corrected chi connectivity index (χ0v) is 7.17. The fraction of sp³-hybridized carbons (Fsp3) is 0.600. The third-order valence-electron chi connectivity index (χ3n) is 0.962. The number of nitrogens with zero attached hydrogens (tertiary/aromatic N) is 2. The highest BCUT2D eigenvalue weighted by atomic mass is 35.5. The van der Waals surface area contributed by atoms with Crippen molar-refractivity contribution >= 4 is 24.0 Å². The molecule has 0 aliphatic heterocycles. The van der Waals surface area contributed by atoms with Crippen molar-refractivity contribution in [1.29, 1.82) is 0 Å². The topological polar surface area (TPSA) is 41.6 Å². The van der Waals surface area contributed by atoms with Gasteiger partial charge in [0.05, 0.1) is 0 Å². The zero-order valence-electron chi connectivity index (χ0n) is 5.59. The number of nitrogens with one attached hydrogen (secondary N) is 1. The molecule has 10 heavy (non-hydrogen) atoms. The Bertz CT molecular complexity index is 187. The highest BCUT2D eigenvalue weighted by Gasteiger charge is 1.95. The molecular formula is C5H9Cl2N3. The smallest absolute Gasteiger partial charge is 0.151 e. The first-order valence-electron chi connectivity index (χ1n) is 2.77. The van der Waals surface area contributed by atoms with Crippen LogP contribution in [0.4, 0.5) is 0 Å². The van der Waals surface area contributed by atoms with Gasteiger partial charge in [-0.15, -0.1) is 24.0 Å². The SMILES string of the molecule is Cc1nc(CCCl)n[nH]1.Cl. The molecule has 1 aromatic heterocycles. The molecule has 0 aliphatic carbocycles. The highest BCUT2D eigenvalue weighted by molar-refractivity contribution is 6.17. The van der Waals surface area contributed by atoms with Crippen molar-refractivity contribution in [2.45, 2.75) is 13.3 Å². The van der Waals surface area contributed by atoms with E-state index in [2.05, 4.69) is 15.2 Å². The first-order chi connectivity index (χ1) is 4.33. The Kier molecular flexibility index (Phi) is 4.40. The number of halogens is 2. The van der Waals surface area contributed by atoms with E-state index in [0.29, 0.717) is 5.88 Å². The van der Waals surface area contributed by atoms with Gasteiger partial charge in [0.1, 0.15) is 5.82 Å². The molecule has 1 N–H and O–H groups in total. The summed E-state index contributed by atoms with van der Waals surface area (Å²) in [7, 11) is 0. The molecule has 0 saturated heterocycles. The van der Waals surface area contributed by atoms with Crippen LogP contribution < -0.4 is 0 Å². The van der Waals surface area contributed by atoms with Gasteiger partial charge >= 0.3 is 0 Å². The quantitative estimate of drug-likeness (QED) is 0.700. The molecule has 5 heteroatoms. The predicted molar refractivity (Wildman–Crippen MR) is 42.8 cm³/mol. The fourth-order valence-electron chi connectivity index (χ4n) is 0.585. The van der Waals surface area contributed by atoms with Gasteiger partial charge in [0.25, 0.3) is 0 Å². The summed E-state index contributed by atoms with van der Waals surface area (Å²) in [6.45, 7) is 1.87. The molecular weight excluding hydrogens is 173 g/mol. The molecule has 0 fully saturated rings. The molecule has 0 amide bonds. The second kappa shape index (κ2) is 4.52. The van der Waals surface area contributed by atoms with Crippen LogP contribution in [0.5, 0.6) is 0 Å². The van der Waals surface area contributed by atoms with E-state index in [4.69, 9.17) is 11.6 Å². The van der Waals surface area contributed by atoms with Gasteiger partial charge in [0, 0.05) is 12.3 Å². The molecule has 0 aromatic carbocycles. The number of aryl methyl sites for hydroxylation is 2. The van der Waals surface area contributed by atoms with Crippen LogP contribution in [0.15, 0.2) is 0 Å². The Morgan fingerprint density at radius 2 is 2.30 bits per heavy atom. The van der Waals surface area contributed by atoms with Crippen molar-refractivity contribution in [3.8, 4) is 0 Å². The lowest BCUT2D eigenvalue weighted by atomic mass is 10.5. The van der Waals surface area contributed by atoms with Crippen LogP contribution in [0.3, 0.4) is 0 Å². The summed E-state index contributed by atoms with van der Waals surface area (Å²) in [6, 6.07) is 0. The molecule has 1 heterocycles. The van der Waals surface area contributed by atoms with Gasteiger partial charge in [-0.25, -0.2) is 4.98 Å². The molecule has 58 valence electrons. The van der Waals surface area contributed by atoms with Gasteiger partial charge in [-0.05, 0) is 6.92 Å². The van der Waals surface area contributed by atoms with Crippen molar-refractivity contribution in [3.63, 3.8) is 0 Å². The fourth-order valence-corrected chi connectivity index (χ4v) is 0.754. The third-order valence-corrected chi connectivity index (χ3v) is 1.15. The molecule has 0 radical (unpaired) electrons. The van der Waals surface area contributed by atoms with E-state index in [9.17, 15) is 0 Å². The maximum atomic E-state index is 5.45. The average molecular weight is 182 g/mol. The minimum atomic E-state index is 0. The Labute approximate surface area is 70.6 Å². The minimum Gasteiger partial charge on any atom is -0.263 e. The van der Waals surface area contributed by atoms with E-state index in [-0.39, 0.29) is 12.4 Å². The molecule has 1 aromatic rings. The summed E-state index contributed by atoms with van der Waals surface area (Å²) in [5, 5.41) is 6.62. The first kappa shape index (κ1) is 9.72. The second-order valence-corrected chi connectivity index (χ2v) is 2.15. The van der Waals surface area contributed by atoms with Crippen LogP contribution in [-0.2, 0) is 6.42 Å². The van der Waals surface area contributed by atoms with Crippen LogP contribution in [0.2, 0.25) is 0 Å². The van der Waals surface area contributed by atoms with Gasteiger partial charge in [-0.3, -0.25) is 5.10 Å². The summed E-state index contributed by atoms with van der Waals surface area (Å²) in [5.41, 5.74) is 0. The van der Waals surface area contributed by atoms with E-state index in [1.54, 1.807) is 0 Å². The van der Waals surface area contributed by atoms with E-state index >= 15 is 0 Å². The summed E-state index contributed by atoms with van der Waals surface area (Å²) < 4.78 is 0. The van der Waals surface area contributed by atoms with E-state index in [1.165, 1.54) is 0 Å². The molecule has 0 atom stereocenters. The number of rotatable bonds is 2. The molecule has 0 saturated carbocycles. The van der Waals surface area contributed by atoms with Gasteiger partial charge in [-0.1, -0.05) is 0 Å². The van der Waals surface area contributed by atoms with E-state index < -0.39 is 0 Å². The van der Waals surface area contributed by atoms with E-state index in [1.807, 2.05) is 6.92 Å². The van der Waals surface area contributed by atoms with Crippen molar-refractivity contribution in [2.24, 2.45) is 0 Å². The lowest BCUT2D eigenvalue weighted by molar-refractivity contribution is 0.949. The Hall–Kier alpha value is -0.280. The summed E-state index contributed by atoms with van der Waals surface area (Å²) in [6.07, 6.45) is 0.742. The van der Waals surface area contributed by atoms with Gasteiger partial charge in [0.15, 0.2) is 5.82 Å². The first-order valence-corrected chi connectivity index (χ1v) is 3.30. The molecule has 0 spiro atoms. The second-order valence-electron chi connectivity index (χ2n) is 1.78. The van der Waals surface area contributed by atoms with Crippen LogP contribution in [0.1, 0.15) is 11.6 Å². The van der Waals surface area contributed by atoms with Crippen molar-refractivity contribution in [2.75, 3.05) is 5.88 Å². The van der Waals surface area contributed by atoms with Crippen molar-refractivity contribution in [1.82, 2.24) is 15.2 Å². The number of hydrogen-bond acceptors (Lipinski definition) is 2. The third kappa shape index (κ3) is 2.54. The molecule has 1 rings (SSSR count). The maximum Gasteiger partial charge on any atom is 0.151 e. The van der Waals surface area contributed by atoms with Gasteiger partial charge in [0.2, 0.25) is 0 Å². The summed E-state index contributed by atoms with van der Waals surface area (Å²) >= 11 is 5.45. The summed E-state index contributed by atoms with van der Waals surface area (Å²) in [5.74, 6) is 2.22. The molecule has 0 aliphatic rings. The Balaban J connectivity index is 0.000000810. The minimum absolute atomic E-state index is 0. The largest absolute Gasteiger partial charge is 0.263 e. The van der Waals surface area contributed by atoms with Crippen molar-refractivity contribution < 1.29 is 0 Å². The Morgan fingerprint density at radius 1 is 1.60 bits per heavy atom. The average Bonchev–Trinajstić information content (AvgIpc) is 2.17. The monoisotopic (exact) mass is 181 g/mol. The predicted octanol–water partition coefficient (Wildman–Crippen LogP) is 1.32. The number of aromatic nitrogens is 3. The van der Waals surface area contributed by atoms with Crippen LogP contribution in [-0.4, -0.2) is 21.1 Å². The van der Waals surface area contributed by atoms with Crippen LogP contribution in [0, 0.1) is 6.92 Å². The number of H-pyrrole nitrogens is 1. The van der Waals surface area contributed by atoms with Crippen LogP contribution >= 0.6 is 24.0 Å². The number of hydrogen-bond donors (Lipinski definition) is 1. The van der Waals surface area contributed by atoms with Crippen LogP contribution in [0.25, 0.3) is 0 Å². The normalized spacial score (nSPS) is 9.00. The van der Waals surface area contributed by atoms with Gasteiger partial charge in [-0.2, -0.15) is 5.10 Å². The highest BCUT2D eigenvalue weighted by Crippen LogP contribution is 1.92. The van der Waals surface area contributed by atoms with Crippen molar-refractivity contribution in [3.05, 3.63) is 11.6 Å².